The number of piperazine rings is 1. The summed E-state index contributed by atoms with van der Waals surface area (Å²) in [5, 5.41) is 3.37. The van der Waals surface area contributed by atoms with Crippen LogP contribution in [-0.2, 0) is 11.2 Å². The molecule has 6 nitrogen and oxygen atoms in total. The van der Waals surface area contributed by atoms with E-state index in [4.69, 9.17) is 4.74 Å². The van der Waals surface area contributed by atoms with Gasteiger partial charge in [-0.2, -0.15) is 0 Å². The Bertz CT molecular complexity index is 647. The molecule has 0 radical (unpaired) electrons. The van der Waals surface area contributed by atoms with Crippen LogP contribution in [0.1, 0.15) is 29.3 Å². The van der Waals surface area contributed by atoms with E-state index in [-0.39, 0.29) is 30.5 Å². The Morgan fingerprint density at radius 3 is 2.62 bits per heavy atom. The lowest BCUT2D eigenvalue weighted by molar-refractivity contribution is -0.129. The third-order valence-electron chi connectivity index (χ3n) is 5.21. The molecule has 0 saturated carbocycles. The van der Waals surface area contributed by atoms with E-state index >= 15 is 0 Å². The van der Waals surface area contributed by atoms with Gasteiger partial charge in [0.1, 0.15) is 5.75 Å². The van der Waals surface area contributed by atoms with Gasteiger partial charge in [0.05, 0.1) is 13.5 Å². The van der Waals surface area contributed by atoms with Gasteiger partial charge in [0.2, 0.25) is 5.91 Å². The molecule has 2 heterocycles. The third-order valence-corrected chi connectivity index (χ3v) is 5.21. The summed E-state index contributed by atoms with van der Waals surface area (Å²) >= 11 is 0. The molecule has 2 fully saturated rings. The van der Waals surface area contributed by atoms with E-state index in [1.54, 1.807) is 25.3 Å². The SMILES string of the molecule is COc1ccc(C(C)=O)cc1CC(=O)N1CCC(N2CCNCC2)C1.Cl. The molecular formula is C19H28ClN3O3. The second-order valence-corrected chi connectivity index (χ2v) is 6.83. The number of ether oxygens (including phenoxy) is 1. The van der Waals surface area contributed by atoms with Gasteiger partial charge in [-0.25, -0.2) is 0 Å². The predicted octanol–water partition coefficient (Wildman–Crippen LogP) is 1.37. The molecule has 26 heavy (non-hydrogen) atoms. The third kappa shape index (κ3) is 4.75. The van der Waals surface area contributed by atoms with E-state index in [1.807, 2.05) is 4.90 Å². The Labute approximate surface area is 161 Å². The van der Waals surface area contributed by atoms with Gasteiger partial charge in [-0.3, -0.25) is 14.5 Å². The lowest BCUT2D eigenvalue weighted by atomic mass is 10.0. The number of halogens is 1. The first-order valence-electron chi connectivity index (χ1n) is 8.99. The second kappa shape index (κ2) is 9.35. The Kier molecular flexibility index (Phi) is 7.43. The van der Waals surface area contributed by atoms with Crippen molar-refractivity contribution in [3.63, 3.8) is 0 Å². The van der Waals surface area contributed by atoms with E-state index in [0.717, 1.165) is 51.3 Å². The normalized spacial score (nSPS) is 20.5. The zero-order valence-electron chi connectivity index (χ0n) is 15.5. The number of nitrogens with zero attached hydrogens (tertiary/aromatic N) is 2. The molecule has 0 aliphatic carbocycles. The van der Waals surface area contributed by atoms with Gasteiger partial charge in [0.25, 0.3) is 0 Å². The molecule has 7 heteroatoms. The summed E-state index contributed by atoms with van der Waals surface area (Å²) in [6, 6.07) is 5.76. The number of hydrogen-bond donors (Lipinski definition) is 1. The van der Waals surface area contributed by atoms with Gasteiger partial charge in [0.15, 0.2) is 5.78 Å². The van der Waals surface area contributed by atoms with Crippen LogP contribution in [0.3, 0.4) is 0 Å². The Morgan fingerprint density at radius 1 is 1.23 bits per heavy atom. The van der Waals surface area contributed by atoms with Crippen LogP contribution in [0.4, 0.5) is 0 Å². The monoisotopic (exact) mass is 381 g/mol. The highest BCUT2D eigenvalue weighted by molar-refractivity contribution is 5.94. The molecule has 2 aliphatic heterocycles. The van der Waals surface area contributed by atoms with Gasteiger partial charge < -0.3 is 15.0 Å². The van der Waals surface area contributed by atoms with Crippen LogP contribution >= 0.6 is 12.4 Å². The van der Waals surface area contributed by atoms with Crippen molar-refractivity contribution in [2.24, 2.45) is 0 Å². The number of carbonyl (C=O) groups excluding carboxylic acids is 2. The van der Waals surface area contributed by atoms with Gasteiger partial charge in [-0.05, 0) is 31.5 Å². The number of methoxy groups -OCH3 is 1. The number of amides is 1. The summed E-state index contributed by atoms with van der Waals surface area (Å²) in [4.78, 5) is 28.8. The molecule has 2 saturated heterocycles. The number of Topliss-reactive ketones (excluding diaryl/α,β-unsaturated/α-hetero) is 1. The van der Waals surface area contributed by atoms with Gasteiger partial charge in [0, 0.05) is 56.4 Å². The maximum atomic E-state index is 12.7. The van der Waals surface area contributed by atoms with Crippen LogP contribution in [0.15, 0.2) is 18.2 Å². The van der Waals surface area contributed by atoms with Crippen molar-refractivity contribution in [3.8, 4) is 5.75 Å². The van der Waals surface area contributed by atoms with E-state index in [0.29, 0.717) is 17.4 Å². The average molecular weight is 382 g/mol. The summed E-state index contributed by atoms with van der Waals surface area (Å²) in [6.07, 6.45) is 1.31. The number of likely N-dealkylation sites (tertiary alicyclic amines) is 1. The molecule has 1 aromatic rings. The Morgan fingerprint density at radius 2 is 1.96 bits per heavy atom. The van der Waals surface area contributed by atoms with Crippen molar-refractivity contribution in [1.82, 2.24) is 15.1 Å². The van der Waals surface area contributed by atoms with Crippen LogP contribution in [-0.4, -0.2) is 73.9 Å². The fourth-order valence-electron chi connectivity index (χ4n) is 3.72. The number of hydrogen-bond acceptors (Lipinski definition) is 5. The summed E-state index contributed by atoms with van der Waals surface area (Å²) in [5.41, 5.74) is 1.40. The van der Waals surface area contributed by atoms with Gasteiger partial charge >= 0.3 is 0 Å². The van der Waals surface area contributed by atoms with Crippen LogP contribution in [0.2, 0.25) is 0 Å². The van der Waals surface area contributed by atoms with Crippen LogP contribution in [0, 0.1) is 0 Å². The largest absolute Gasteiger partial charge is 0.496 e. The van der Waals surface area contributed by atoms with Gasteiger partial charge in [-0.1, -0.05) is 0 Å². The zero-order valence-corrected chi connectivity index (χ0v) is 16.3. The molecular weight excluding hydrogens is 354 g/mol. The number of rotatable bonds is 5. The van der Waals surface area contributed by atoms with E-state index in [1.165, 1.54) is 6.92 Å². The Hall–Kier alpha value is -1.63. The van der Waals surface area contributed by atoms with Crippen molar-refractivity contribution in [2.75, 3.05) is 46.4 Å². The molecule has 144 valence electrons. The van der Waals surface area contributed by atoms with Crippen molar-refractivity contribution < 1.29 is 14.3 Å². The van der Waals surface area contributed by atoms with E-state index < -0.39 is 0 Å². The lowest BCUT2D eigenvalue weighted by Gasteiger charge is -2.32. The smallest absolute Gasteiger partial charge is 0.227 e. The number of nitrogens with one attached hydrogen (secondary N) is 1. The maximum absolute atomic E-state index is 12.7. The average Bonchev–Trinajstić information content (AvgIpc) is 3.12. The topological polar surface area (TPSA) is 61.9 Å². The molecule has 1 N–H and O–H groups in total. The first-order valence-corrected chi connectivity index (χ1v) is 8.99. The van der Waals surface area contributed by atoms with Crippen LogP contribution in [0.5, 0.6) is 5.75 Å². The molecule has 1 aromatic carbocycles. The van der Waals surface area contributed by atoms with Gasteiger partial charge in [-0.15, -0.1) is 12.4 Å². The number of benzene rings is 1. The number of carbonyl (C=O) groups is 2. The second-order valence-electron chi connectivity index (χ2n) is 6.83. The number of ketones is 1. The molecule has 0 bridgehead atoms. The standard InChI is InChI=1S/C19H27N3O3.ClH/c1-14(23)15-3-4-18(25-2)16(11-15)12-19(24)22-8-5-17(13-22)21-9-6-20-7-10-21;/h3-4,11,17,20H,5-10,12-13H2,1-2H3;1H. The molecule has 1 atom stereocenters. The zero-order chi connectivity index (χ0) is 17.8. The van der Waals surface area contributed by atoms with Crippen molar-refractivity contribution >= 4 is 24.1 Å². The van der Waals surface area contributed by atoms with Crippen molar-refractivity contribution in [2.45, 2.75) is 25.8 Å². The highest BCUT2D eigenvalue weighted by Gasteiger charge is 2.31. The first-order chi connectivity index (χ1) is 12.1. The fourth-order valence-corrected chi connectivity index (χ4v) is 3.72. The molecule has 0 spiro atoms. The van der Waals surface area contributed by atoms with Crippen LogP contribution < -0.4 is 10.1 Å². The quantitative estimate of drug-likeness (QED) is 0.780. The van der Waals surface area contributed by atoms with Crippen molar-refractivity contribution in [3.05, 3.63) is 29.3 Å². The summed E-state index contributed by atoms with van der Waals surface area (Å²) in [6.45, 7) is 7.31. The lowest BCUT2D eigenvalue weighted by Crippen LogP contribution is -2.49. The highest BCUT2D eigenvalue weighted by atomic mass is 35.5. The summed E-state index contributed by atoms with van der Waals surface area (Å²) in [5.74, 6) is 0.768. The predicted molar refractivity (Wildman–Crippen MR) is 103 cm³/mol. The first kappa shape index (κ1) is 20.7. The molecule has 0 aromatic heterocycles. The summed E-state index contributed by atoms with van der Waals surface area (Å²) < 4.78 is 5.36. The van der Waals surface area contributed by atoms with E-state index in [2.05, 4.69) is 10.2 Å². The summed E-state index contributed by atoms with van der Waals surface area (Å²) in [7, 11) is 1.59. The Balaban J connectivity index is 0.00000243. The minimum Gasteiger partial charge on any atom is -0.496 e. The molecule has 1 unspecified atom stereocenters. The van der Waals surface area contributed by atoms with Crippen LogP contribution in [0.25, 0.3) is 0 Å². The molecule has 1 amide bonds. The highest BCUT2D eigenvalue weighted by Crippen LogP contribution is 2.23. The molecule has 3 rings (SSSR count). The fraction of sp³-hybridized carbons (Fsp3) is 0.579. The molecule has 2 aliphatic rings. The van der Waals surface area contributed by atoms with E-state index in [9.17, 15) is 9.59 Å². The maximum Gasteiger partial charge on any atom is 0.227 e. The van der Waals surface area contributed by atoms with Crippen molar-refractivity contribution in [1.29, 1.82) is 0 Å². The minimum atomic E-state index is -0.00343. The minimum absolute atomic E-state index is 0.